The summed E-state index contributed by atoms with van der Waals surface area (Å²) in [5, 5.41) is 1.30. The molecule has 0 saturated heterocycles. The van der Waals surface area contributed by atoms with Crippen molar-refractivity contribution in [1.29, 1.82) is 0 Å². The summed E-state index contributed by atoms with van der Waals surface area (Å²) in [5.41, 5.74) is 5.43. The van der Waals surface area contributed by atoms with Crippen LogP contribution in [0, 0.1) is 0 Å². The highest BCUT2D eigenvalue weighted by Crippen LogP contribution is 2.23. The first-order valence-electron chi connectivity index (χ1n) is 5.94. The Morgan fingerprint density at radius 3 is 2.59 bits per heavy atom. The van der Waals surface area contributed by atoms with Crippen molar-refractivity contribution < 1.29 is 4.57 Å². The standard InChI is InChI=1S/C16H12N/c1-3-7-15-12(5-1)9-10-14-11-13-6-2-4-8-16(13)17(14)15/h1-10H,11H2/q+1. The van der Waals surface area contributed by atoms with Crippen molar-refractivity contribution in [2.75, 3.05) is 0 Å². The number of pyridine rings is 1. The summed E-state index contributed by atoms with van der Waals surface area (Å²) >= 11 is 0. The van der Waals surface area contributed by atoms with Gasteiger partial charge in [-0.15, -0.1) is 0 Å². The van der Waals surface area contributed by atoms with Gasteiger partial charge in [0.05, 0.1) is 6.42 Å². The Bertz CT molecular complexity index is 728. The highest BCUT2D eigenvalue weighted by molar-refractivity contribution is 5.76. The Kier molecular flexibility index (Phi) is 1.67. The second-order valence-electron chi connectivity index (χ2n) is 4.52. The van der Waals surface area contributed by atoms with Crippen LogP contribution in [-0.2, 0) is 6.42 Å². The fourth-order valence-electron chi connectivity index (χ4n) is 2.74. The van der Waals surface area contributed by atoms with Gasteiger partial charge < -0.3 is 0 Å². The molecule has 0 fully saturated rings. The van der Waals surface area contributed by atoms with Gasteiger partial charge in [-0.3, -0.25) is 0 Å². The minimum Gasteiger partial charge on any atom is -0.157 e. The number of benzene rings is 2. The van der Waals surface area contributed by atoms with Gasteiger partial charge in [0.2, 0.25) is 11.2 Å². The Morgan fingerprint density at radius 2 is 1.59 bits per heavy atom. The van der Waals surface area contributed by atoms with Gasteiger partial charge in [-0.1, -0.05) is 30.3 Å². The number of rotatable bonds is 0. The van der Waals surface area contributed by atoms with Gasteiger partial charge in [0.25, 0.3) is 0 Å². The topological polar surface area (TPSA) is 3.88 Å². The lowest BCUT2D eigenvalue weighted by atomic mass is 10.1. The summed E-state index contributed by atoms with van der Waals surface area (Å²) in [6.07, 6.45) is 1.04. The number of aromatic nitrogens is 1. The first-order chi connectivity index (χ1) is 8.43. The molecule has 0 atom stereocenters. The smallest absolute Gasteiger partial charge is 0.157 e. The average Bonchev–Trinajstić information content (AvgIpc) is 2.77. The lowest BCUT2D eigenvalue weighted by molar-refractivity contribution is -0.569. The molecular weight excluding hydrogens is 206 g/mol. The third-order valence-corrected chi connectivity index (χ3v) is 3.52. The van der Waals surface area contributed by atoms with E-state index in [1.165, 1.54) is 27.8 Å². The summed E-state index contributed by atoms with van der Waals surface area (Å²) < 4.78 is 2.38. The lowest BCUT2D eigenvalue weighted by Gasteiger charge is -1.99. The molecular formula is C16H12N+. The zero-order valence-electron chi connectivity index (χ0n) is 9.43. The van der Waals surface area contributed by atoms with E-state index in [4.69, 9.17) is 0 Å². The molecule has 1 heteroatoms. The monoisotopic (exact) mass is 218 g/mol. The number of hydrogen-bond donors (Lipinski definition) is 0. The molecule has 80 valence electrons. The van der Waals surface area contributed by atoms with Crippen LogP contribution < -0.4 is 4.57 Å². The van der Waals surface area contributed by atoms with Crippen LogP contribution in [0.25, 0.3) is 16.6 Å². The fourth-order valence-corrected chi connectivity index (χ4v) is 2.74. The molecule has 0 radical (unpaired) electrons. The minimum absolute atomic E-state index is 1.04. The van der Waals surface area contributed by atoms with E-state index in [0.29, 0.717) is 0 Å². The normalized spacial score (nSPS) is 12.5. The molecule has 1 nitrogen and oxygen atoms in total. The quantitative estimate of drug-likeness (QED) is 0.399. The van der Waals surface area contributed by atoms with Gasteiger partial charge in [-0.05, 0) is 12.1 Å². The van der Waals surface area contributed by atoms with E-state index >= 15 is 0 Å². The van der Waals surface area contributed by atoms with Crippen LogP contribution >= 0.6 is 0 Å². The van der Waals surface area contributed by atoms with Crippen LogP contribution in [0.4, 0.5) is 0 Å². The summed E-state index contributed by atoms with van der Waals surface area (Å²) in [4.78, 5) is 0. The molecule has 0 bridgehead atoms. The maximum atomic E-state index is 2.38. The number of hydrogen-bond acceptors (Lipinski definition) is 0. The van der Waals surface area contributed by atoms with Crippen LogP contribution in [0.1, 0.15) is 11.3 Å². The molecule has 0 unspecified atom stereocenters. The molecule has 1 aliphatic heterocycles. The van der Waals surface area contributed by atoms with Crippen molar-refractivity contribution in [2.45, 2.75) is 6.42 Å². The zero-order valence-corrected chi connectivity index (χ0v) is 9.43. The first kappa shape index (κ1) is 8.94. The van der Waals surface area contributed by atoms with Crippen LogP contribution in [0.5, 0.6) is 0 Å². The molecule has 1 aromatic heterocycles. The van der Waals surface area contributed by atoms with Gasteiger partial charge in [0.15, 0.2) is 5.69 Å². The number of para-hydroxylation sites is 2. The molecule has 3 aromatic rings. The largest absolute Gasteiger partial charge is 0.218 e. The molecule has 2 heterocycles. The van der Waals surface area contributed by atoms with Crippen LogP contribution in [0.2, 0.25) is 0 Å². The number of fused-ring (bicyclic) bond motifs is 5. The van der Waals surface area contributed by atoms with Crippen molar-refractivity contribution in [2.24, 2.45) is 0 Å². The molecule has 17 heavy (non-hydrogen) atoms. The molecule has 1 aliphatic rings. The first-order valence-corrected chi connectivity index (χ1v) is 5.94. The van der Waals surface area contributed by atoms with Crippen molar-refractivity contribution in [3.63, 3.8) is 0 Å². The second-order valence-corrected chi connectivity index (χ2v) is 4.52. The predicted molar refractivity (Wildman–Crippen MR) is 68.3 cm³/mol. The summed E-state index contributed by atoms with van der Waals surface area (Å²) in [7, 11) is 0. The Labute approximate surface area is 100.0 Å². The Hall–Kier alpha value is -2.15. The molecule has 4 rings (SSSR count). The van der Waals surface area contributed by atoms with Crippen molar-refractivity contribution in [1.82, 2.24) is 0 Å². The SMILES string of the molecule is c1ccc2c(c1)Cc1ccc3ccccc3[n+]1-2. The molecule has 2 aromatic carbocycles. The van der Waals surface area contributed by atoms with Crippen molar-refractivity contribution >= 4 is 10.9 Å². The van der Waals surface area contributed by atoms with Crippen LogP contribution in [-0.4, -0.2) is 0 Å². The van der Waals surface area contributed by atoms with Gasteiger partial charge in [-0.25, -0.2) is 0 Å². The van der Waals surface area contributed by atoms with Gasteiger partial charge in [0.1, 0.15) is 0 Å². The second kappa shape index (κ2) is 3.17. The highest BCUT2D eigenvalue weighted by Gasteiger charge is 2.28. The maximum Gasteiger partial charge on any atom is 0.218 e. The predicted octanol–water partition coefficient (Wildman–Crippen LogP) is 3.02. The summed E-state index contributed by atoms with van der Waals surface area (Å²) in [5.74, 6) is 0. The summed E-state index contributed by atoms with van der Waals surface area (Å²) in [6, 6.07) is 21.7. The maximum absolute atomic E-state index is 2.38. The van der Waals surface area contributed by atoms with E-state index in [9.17, 15) is 0 Å². The van der Waals surface area contributed by atoms with E-state index in [1.54, 1.807) is 0 Å². The fraction of sp³-hybridized carbons (Fsp3) is 0.0625. The van der Waals surface area contributed by atoms with Crippen LogP contribution in [0.15, 0.2) is 60.7 Å². The van der Waals surface area contributed by atoms with Gasteiger partial charge in [-0.2, -0.15) is 4.57 Å². The van der Waals surface area contributed by atoms with Crippen molar-refractivity contribution in [3.05, 3.63) is 71.9 Å². The Balaban J connectivity index is 2.17. The average molecular weight is 218 g/mol. The van der Waals surface area contributed by atoms with E-state index in [0.717, 1.165) is 6.42 Å². The molecule has 0 aliphatic carbocycles. The molecule has 0 amide bonds. The van der Waals surface area contributed by atoms with Crippen molar-refractivity contribution in [3.8, 4) is 5.69 Å². The third-order valence-electron chi connectivity index (χ3n) is 3.52. The third kappa shape index (κ3) is 1.17. The Morgan fingerprint density at radius 1 is 0.765 bits per heavy atom. The molecule has 0 spiro atoms. The van der Waals surface area contributed by atoms with Gasteiger partial charge >= 0.3 is 0 Å². The molecule has 0 N–H and O–H groups in total. The van der Waals surface area contributed by atoms with E-state index in [2.05, 4.69) is 65.2 Å². The zero-order chi connectivity index (χ0) is 11.2. The lowest BCUT2D eigenvalue weighted by Crippen LogP contribution is -2.32. The highest BCUT2D eigenvalue weighted by atomic mass is 15.0. The van der Waals surface area contributed by atoms with Crippen LogP contribution in [0.3, 0.4) is 0 Å². The van der Waals surface area contributed by atoms with Gasteiger partial charge in [0, 0.05) is 29.1 Å². The summed E-state index contributed by atoms with van der Waals surface area (Å²) in [6.45, 7) is 0. The number of nitrogens with zero attached hydrogens (tertiary/aromatic N) is 1. The molecule has 0 saturated carbocycles. The van der Waals surface area contributed by atoms with E-state index in [1.807, 2.05) is 0 Å². The van der Waals surface area contributed by atoms with E-state index < -0.39 is 0 Å². The van der Waals surface area contributed by atoms with E-state index in [-0.39, 0.29) is 0 Å². The minimum atomic E-state index is 1.04.